The number of anilines is 1. The summed E-state index contributed by atoms with van der Waals surface area (Å²) >= 11 is 0. The standard InChI is InChI=1S/C11H9FN4O3/c12-7-1-2-8(11(18)19)9(5-7)14-10(17)6-16-4-3-13-15-16/h1-5H,6H2,(H,14,17)(H,18,19). The van der Waals surface area contributed by atoms with E-state index in [9.17, 15) is 14.0 Å². The predicted octanol–water partition coefficient (Wildman–Crippen LogP) is 0.754. The molecule has 0 saturated heterocycles. The Morgan fingerprint density at radius 3 is 2.84 bits per heavy atom. The zero-order valence-electron chi connectivity index (χ0n) is 9.58. The number of carboxylic acids is 1. The highest BCUT2D eigenvalue weighted by atomic mass is 19.1. The molecule has 7 nitrogen and oxygen atoms in total. The summed E-state index contributed by atoms with van der Waals surface area (Å²) < 4.78 is 14.3. The van der Waals surface area contributed by atoms with E-state index in [0.717, 1.165) is 18.2 Å². The minimum absolute atomic E-state index is 0.0994. The zero-order valence-corrected chi connectivity index (χ0v) is 9.58. The molecule has 19 heavy (non-hydrogen) atoms. The van der Waals surface area contributed by atoms with Crippen molar-refractivity contribution in [1.82, 2.24) is 15.0 Å². The highest BCUT2D eigenvalue weighted by molar-refractivity contribution is 6.00. The molecule has 0 saturated carbocycles. The van der Waals surface area contributed by atoms with Gasteiger partial charge in [0.15, 0.2) is 0 Å². The highest BCUT2D eigenvalue weighted by Crippen LogP contribution is 2.17. The van der Waals surface area contributed by atoms with Gasteiger partial charge in [-0.2, -0.15) is 0 Å². The van der Waals surface area contributed by atoms with Gasteiger partial charge in [0.05, 0.1) is 17.4 Å². The van der Waals surface area contributed by atoms with Gasteiger partial charge in [0.25, 0.3) is 0 Å². The summed E-state index contributed by atoms with van der Waals surface area (Å²) in [5.41, 5.74) is -0.286. The number of carboxylic acid groups (broad SMARTS) is 1. The third kappa shape index (κ3) is 3.12. The van der Waals surface area contributed by atoms with Gasteiger partial charge in [0.1, 0.15) is 12.4 Å². The lowest BCUT2D eigenvalue weighted by Gasteiger charge is -2.08. The molecule has 0 unspecified atom stereocenters. The minimum Gasteiger partial charge on any atom is -0.478 e. The molecule has 1 amide bonds. The SMILES string of the molecule is O=C(Cn1ccnn1)Nc1cc(F)ccc1C(=O)O. The Morgan fingerprint density at radius 2 is 2.21 bits per heavy atom. The lowest BCUT2D eigenvalue weighted by molar-refractivity contribution is -0.116. The Balaban J connectivity index is 2.16. The topological polar surface area (TPSA) is 97.1 Å². The van der Waals surface area contributed by atoms with Crippen LogP contribution in [0.15, 0.2) is 30.6 Å². The predicted molar refractivity (Wildman–Crippen MR) is 62.0 cm³/mol. The number of hydrogen-bond acceptors (Lipinski definition) is 4. The summed E-state index contributed by atoms with van der Waals surface area (Å²) in [6.07, 6.45) is 2.88. The van der Waals surface area contributed by atoms with Gasteiger partial charge in [-0.1, -0.05) is 5.21 Å². The van der Waals surface area contributed by atoms with Crippen LogP contribution in [0.4, 0.5) is 10.1 Å². The summed E-state index contributed by atoms with van der Waals surface area (Å²) in [5, 5.41) is 18.4. The van der Waals surface area contributed by atoms with Crippen LogP contribution in [-0.2, 0) is 11.3 Å². The van der Waals surface area contributed by atoms with Crippen molar-refractivity contribution >= 4 is 17.6 Å². The second-order valence-electron chi connectivity index (χ2n) is 3.64. The van der Waals surface area contributed by atoms with E-state index in [1.807, 2.05) is 0 Å². The van der Waals surface area contributed by atoms with Crippen molar-refractivity contribution in [2.75, 3.05) is 5.32 Å². The molecule has 0 bridgehead atoms. The zero-order chi connectivity index (χ0) is 13.8. The quantitative estimate of drug-likeness (QED) is 0.849. The number of aromatic carboxylic acids is 1. The van der Waals surface area contributed by atoms with E-state index in [2.05, 4.69) is 15.6 Å². The molecule has 0 atom stereocenters. The Kier molecular flexibility index (Phi) is 3.51. The van der Waals surface area contributed by atoms with E-state index in [4.69, 9.17) is 5.11 Å². The summed E-state index contributed by atoms with van der Waals surface area (Å²) in [6, 6.07) is 3.04. The lowest BCUT2D eigenvalue weighted by atomic mass is 10.1. The molecule has 1 aromatic carbocycles. The van der Waals surface area contributed by atoms with E-state index in [-0.39, 0.29) is 17.8 Å². The molecule has 1 heterocycles. The second-order valence-corrected chi connectivity index (χ2v) is 3.64. The number of benzene rings is 1. The van der Waals surface area contributed by atoms with E-state index in [0.29, 0.717) is 0 Å². The van der Waals surface area contributed by atoms with Crippen LogP contribution in [0.25, 0.3) is 0 Å². The van der Waals surface area contributed by atoms with E-state index < -0.39 is 17.7 Å². The Hall–Kier alpha value is -2.77. The molecule has 98 valence electrons. The first-order valence-electron chi connectivity index (χ1n) is 5.23. The number of hydrogen-bond donors (Lipinski definition) is 2. The number of amides is 1. The van der Waals surface area contributed by atoms with Crippen LogP contribution < -0.4 is 5.32 Å². The largest absolute Gasteiger partial charge is 0.478 e. The van der Waals surface area contributed by atoms with Crippen molar-refractivity contribution in [1.29, 1.82) is 0 Å². The maximum Gasteiger partial charge on any atom is 0.337 e. The monoisotopic (exact) mass is 264 g/mol. The number of carbonyl (C=O) groups is 2. The molecule has 2 aromatic rings. The number of carbonyl (C=O) groups excluding carboxylic acids is 1. The van der Waals surface area contributed by atoms with Crippen LogP contribution in [0, 0.1) is 5.82 Å². The second kappa shape index (κ2) is 5.25. The Bertz CT molecular complexity index is 612. The van der Waals surface area contributed by atoms with Gasteiger partial charge in [-0.15, -0.1) is 5.10 Å². The molecule has 0 aliphatic carbocycles. The van der Waals surface area contributed by atoms with Gasteiger partial charge in [0.2, 0.25) is 5.91 Å². The first-order chi connectivity index (χ1) is 9.06. The molecule has 8 heteroatoms. The molecule has 0 aliphatic heterocycles. The third-order valence-electron chi connectivity index (χ3n) is 2.26. The molecule has 0 aliphatic rings. The first-order valence-corrected chi connectivity index (χ1v) is 5.23. The van der Waals surface area contributed by atoms with Gasteiger partial charge < -0.3 is 10.4 Å². The van der Waals surface area contributed by atoms with Gasteiger partial charge in [-0.05, 0) is 18.2 Å². The summed E-state index contributed by atoms with van der Waals surface area (Å²) in [6.45, 7) is -0.143. The first kappa shape index (κ1) is 12.7. The molecule has 1 aromatic heterocycles. The van der Waals surface area contributed by atoms with Gasteiger partial charge in [-0.3, -0.25) is 4.79 Å². The van der Waals surface area contributed by atoms with Crippen molar-refractivity contribution in [2.45, 2.75) is 6.54 Å². The third-order valence-corrected chi connectivity index (χ3v) is 2.26. The Morgan fingerprint density at radius 1 is 1.42 bits per heavy atom. The van der Waals surface area contributed by atoms with E-state index in [1.165, 1.54) is 17.1 Å². The van der Waals surface area contributed by atoms with Crippen LogP contribution in [0.3, 0.4) is 0 Å². The van der Waals surface area contributed by atoms with E-state index >= 15 is 0 Å². The maximum absolute atomic E-state index is 13.1. The minimum atomic E-state index is -1.25. The van der Waals surface area contributed by atoms with Crippen molar-refractivity contribution in [3.8, 4) is 0 Å². The van der Waals surface area contributed by atoms with Crippen LogP contribution >= 0.6 is 0 Å². The number of nitrogens with one attached hydrogen (secondary N) is 1. The van der Waals surface area contributed by atoms with Crippen LogP contribution in [-0.4, -0.2) is 32.0 Å². The molecule has 0 spiro atoms. The molecule has 0 fully saturated rings. The average molecular weight is 264 g/mol. The highest BCUT2D eigenvalue weighted by Gasteiger charge is 2.13. The van der Waals surface area contributed by atoms with Gasteiger partial charge in [-0.25, -0.2) is 13.9 Å². The molecular formula is C11H9FN4O3. The smallest absolute Gasteiger partial charge is 0.337 e. The summed E-state index contributed by atoms with van der Waals surface area (Å²) in [5.74, 6) is -2.42. The summed E-state index contributed by atoms with van der Waals surface area (Å²) in [4.78, 5) is 22.6. The van der Waals surface area contributed by atoms with Crippen molar-refractivity contribution in [3.05, 3.63) is 42.0 Å². The van der Waals surface area contributed by atoms with Crippen LogP contribution in [0.1, 0.15) is 10.4 Å². The van der Waals surface area contributed by atoms with Gasteiger partial charge >= 0.3 is 5.97 Å². The molecule has 2 N–H and O–H groups in total. The molecule has 0 radical (unpaired) electrons. The van der Waals surface area contributed by atoms with E-state index in [1.54, 1.807) is 0 Å². The fraction of sp³-hybridized carbons (Fsp3) is 0.0909. The Labute approximate surface area is 106 Å². The van der Waals surface area contributed by atoms with Crippen LogP contribution in [0.5, 0.6) is 0 Å². The van der Waals surface area contributed by atoms with Crippen molar-refractivity contribution in [3.63, 3.8) is 0 Å². The fourth-order valence-corrected chi connectivity index (χ4v) is 1.46. The number of nitrogens with zero attached hydrogens (tertiary/aromatic N) is 3. The lowest BCUT2D eigenvalue weighted by Crippen LogP contribution is -2.20. The van der Waals surface area contributed by atoms with Crippen molar-refractivity contribution in [2.24, 2.45) is 0 Å². The van der Waals surface area contributed by atoms with Crippen molar-refractivity contribution < 1.29 is 19.1 Å². The number of aromatic nitrogens is 3. The fourth-order valence-electron chi connectivity index (χ4n) is 1.46. The normalized spacial score (nSPS) is 10.2. The van der Waals surface area contributed by atoms with Gasteiger partial charge in [0, 0.05) is 6.20 Å². The summed E-state index contributed by atoms with van der Waals surface area (Å²) in [7, 11) is 0. The van der Waals surface area contributed by atoms with Crippen LogP contribution in [0.2, 0.25) is 0 Å². The molecular weight excluding hydrogens is 255 g/mol. The maximum atomic E-state index is 13.1. The average Bonchev–Trinajstić information content (AvgIpc) is 2.81. The molecule has 2 rings (SSSR count). The number of halogens is 1. The number of rotatable bonds is 4.